The molecule has 0 spiro atoms. The van der Waals surface area contributed by atoms with Crippen molar-refractivity contribution in [2.75, 3.05) is 13.1 Å². The second-order valence-electron chi connectivity index (χ2n) is 5.69. The van der Waals surface area contributed by atoms with Gasteiger partial charge in [-0.3, -0.25) is 4.90 Å². The van der Waals surface area contributed by atoms with Crippen LogP contribution in [-0.4, -0.2) is 29.2 Å². The highest BCUT2D eigenvalue weighted by Gasteiger charge is 2.18. The third kappa shape index (κ3) is 2.67. The number of hydrogen-bond acceptors (Lipinski definition) is 3. The number of nitrogens with zero attached hydrogens (tertiary/aromatic N) is 1. The number of aryl methyl sites for hydroxylation is 2. The normalized spacial score (nSPS) is 18.3. The fourth-order valence-corrected chi connectivity index (χ4v) is 2.73. The van der Waals surface area contributed by atoms with Gasteiger partial charge in [0.1, 0.15) is 11.3 Å². The molecule has 0 unspecified atom stereocenters. The van der Waals surface area contributed by atoms with Crippen molar-refractivity contribution in [3.8, 4) is 0 Å². The maximum atomic E-state index is 9.52. The largest absolute Gasteiger partial charge is 0.460 e. The van der Waals surface area contributed by atoms with Crippen LogP contribution in [0.25, 0.3) is 11.0 Å². The van der Waals surface area contributed by atoms with Crippen LogP contribution in [0.5, 0.6) is 0 Å². The fraction of sp³-hybridized carbons (Fsp3) is 0.500. The topological polar surface area (TPSA) is 36.6 Å². The highest BCUT2D eigenvalue weighted by molar-refractivity contribution is 5.79. The number of rotatable bonds is 2. The highest BCUT2D eigenvalue weighted by atomic mass is 16.3. The average molecular weight is 259 g/mol. The van der Waals surface area contributed by atoms with Crippen LogP contribution in [0.2, 0.25) is 0 Å². The van der Waals surface area contributed by atoms with Gasteiger partial charge in [0.15, 0.2) is 0 Å². The Morgan fingerprint density at radius 3 is 2.58 bits per heavy atom. The Morgan fingerprint density at radius 1 is 1.16 bits per heavy atom. The van der Waals surface area contributed by atoms with Gasteiger partial charge in [-0.2, -0.15) is 0 Å². The first-order chi connectivity index (χ1) is 9.11. The van der Waals surface area contributed by atoms with Gasteiger partial charge < -0.3 is 9.52 Å². The maximum Gasteiger partial charge on any atom is 0.134 e. The van der Waals surface area contributed by atoms with Crippen LogP contribution in [0, 0.1) is 13.8 Å². The molecular formula is C16H21NO2. The Balaban J connectivity index is 1.78. The fourth-order valence-electron chi connectivity index (χ4n) is 2.73. The molecule has 1 fully saturated rings. The van der Waals surface area contributed by atoms with Crippen LogP contribution < -0.4 is 0 Å². The molecule has 3 heteroatoms. The molecule has 0 bridgehead atoms. The predicted octanol–water partition coefficient (Wildman–Crippen LogP) is 3.01. The first-order valence-electron chi connectivity index (χ1n) is 7.02. The van der Waals surface area contributed by atoms with Gasteiger partial charge in [0.05, 0.1) is 12.6 Å². The molecule has 1 aliphatic rings. The van der Waals surface area contributed by atoms with Crippen molar-refractivity contribution in [3.63, 3.8) is 0 Å². The average Bonchev–Trinajstić information content (AvgIpc) is 2.74. The van der Waals surface area contributed by atoms with Crippen molar-refractivity contribution >= 4 is 11.0 Å². The molecule has 1 saturated heterocycles. The molecule has 0 atom stereocenters. The Hall–Kier alpha value is -1.32. The first kappa shape index (κ1) is 12.7. The van der Waals surface area contributed by atoms with Gasteiger partial charge >= 0.3 is 0 Å². The summed E-state index contributed by atoms with van der Waals surface area (Å²) in [5.41, 5.74) is 3.56. The van der Waals surface area contributed by atoms with Gasteiger partial charge in [-0.25, -0.2) is 0 Å². The van der Waals surface area contributed by atoms with Crippen LogP contribution in [-0.2, 0) is 6.54 Å². The second kappa shape index (κ2) is 4.99. The molecule has 0 aliphatic carbocycles. The van der Waals surface area contributed by atoms with E-state index in [1.807, 2.05) is 0 Å². The van der Waals surface area contributed by atoms with E-state index in [0.717, 1.165) is 43.8 Å². The summed E-state index contributed by atoms with van der Waals surface area (Å²) >= 11 is 0. The minimum absolute atomic E-state index is 0.114. The third-order valence-corrected chi connectivity index (χ3v) is 4.12. The Morgan fingerprint density at radius 2 is 1.84 bits per heavy atom. The molecule has 0 radical (unpaired) electrons. The zero-order valence-corrected chi connectivity index (χ0v) is 11.6. The zero-order chi connectivity index (χ0) is 13.4. The molecule has 3 nitrogen and oxygen atoms in total. The summed E-state index contributed by atoms with van der Waals surface area (Å²) < 4.78 is 5.93. The molecule has 0 saturated carbocycles. The van der Waals surface area contributed by atoms with Crippen molar-refractivity contribution in [1.29, 1.82) is 0 Å². The molecule has 19 heavy (non-hydrogen) atoms. The Bertz CT molecular complexity index is 541. The molecule has 102 valence electrons. The summed E-state index contributed by atoms with van der Waals surface area (Å²) in [6.07, 6.45) is 1.63. The predicted molar refractivity (Wildman–Crippen MR) is 76.2 cm³/mol. The Kier molecular flexibility index (Phi) is 3.33. The van der Waals surface area contributed by atoms with Crippen LogP contribution in [0.4, 0.5) is 0 Å². The number of piperidine rings is 1. The van der Waals surface area contributed by atoms with Crippen LogP contribution in [0.3, 0.4) is 0 Å². The van der Waals surface area contributed by atoms with Crippen LogP contribution in [0.15, 0.2) is 22.6 Å². The number of fused-ring (bicyclic) bond motifs is 1. The number of aliphatic hydroxyl groups is 1. The van der Waals surface area contributed by atoms with E-state index in [1.54, 1.807) is 0 Å². The van der Waals surface area contributed by atoms with Crippen molar-refractivity contribution < 1.29 is 9.52 Å². The van der Waals surface area contributed by atoms with Crippen molar-refractivity contribution in [3.05, 3.63) is 35.1 Å². The third-order valence-electron chi connectivity index (χ3n) is 4.12. The molecule has 1 aromatic carbocycles. The lowest BCUT2D eigenvalue weighted by Gasteiger charge is -2.28. The van der Waals surface area contributed by atoms with Gasteiger partial charge in [0, 0.05) is 18.5 Å². The Labute approximate surface area is 113 Å². The lowest BCUT2D eigenvalue weighted by Crippen LogP contribution is -2.35. The molecule has 1 aliphatic heterocycles. The first-order valence-corrected chi connectivity index (χ1v) is 7.02. The van der Waals surface area contributed by atoms with Crippen molar-refractivity contribution in [2.45, 2.75) is 39.3 Å². The van der Waals surface area contributed by atoms with E-state index < -0.39 is 0 Å². The summed E-state index contributed by atoms with van der Waals surface area (Å²) in [5, 5.41) is 10.7. The van der Waals surface area contributed by atoms with Crippen LogP contribution >= 0.6 is 0 Å². The molecule has 2 aromatic rings. The van der Waals surface area contributed by atoms with Crippen LogP contribution in [0.1, 0.15) is 29.7 Å². The molecular weight excluding hydrogens is 238 g/mol. The summed E-state index contributed by atoms with van der Waals surface area (Å²) in [7, 11) is 0. The second-order valence-corrected chi connectivity index (χ2v) is 5.69. The monoisotopic (exact) mass is 259 g/mol. The molecule has 1 N–H and O–H groups in total. The van der Waals surface area contributed by atoms with E-state index >= 15 is 0 Å². The summed E-state index contributed by atoms with van der Waals surface area (Å²) in [4.78, 5) is 2.35. The van der Waals surface area contributed by atoms with E-state index in [0.29, 0.717) is 0 Å². The zero-order valence-electron chi connectivity index (χ0n) is 11.6. The van der Waals surface area contributed by atoms with Crippen molar-refractivity contribution in [2.24, 2.45) is 0 Å². The van der Waals surface area contributed by atoms with E-state index in [4.69, 9.17) is 4.42 Å². The van der Waals surface area contributed by atoms with E-state index in [1.165, 1.54) is 16.5 Å². The lowest BCUT2D eigenvalue weighted by atomic mass is 10.1. The maximum absolute atomic E-state index is 9.52. The molecule has 3 rings (SSSR count). The van der Waals surface area contributed by atoms with Crippen molar-refractivity contribution in [1.82, 2.24) is 4.90 Å². The quantitative estimate of drug-likeness (QED) is 0.900. The number of furan rings is 1. The van der Waals surface area contributed by atoms with Gasteiger partial charge in [0.2, 0.25) is 0 Å². The number of benzene rings is 1. The van der Waals surface area contributed by atoms with E-state index in [-0.39, 0.29) is 6.10 Å². The SMILES string of the molecule is Cc1cc2cc(CN3CCC(O)CC3)oc2cc1C. The van der Waals surface area contributed by atoms with Gasteiger partial charge in [-0.15, -0.1) is 0 Å². The minimum Gasteiger partial charge on any atom is -0.460 e. The minimum atomic E-state index is -0.114. The number of likely N-dealkylation sites (tertiary alicyclic amines) is 1. The highest BCUT2D eigenvalue weighted by Crippen LogP contribution is 2.24. The standard InChI is InChI=1S/C16H21NO2/c1-11-7-13-9-15(19-16(13)8-12(11)2)10-17-5-3-14(18)4-6-17/h7-9,14,18H,3-6,10H2,1-2H3. The van der Waals surface area contributed by atoms with E-state index in [2.05, 4.69) is 36.9 Å². The number of hydrogen-bond donors (Lipinski definition) is 1. The van der Waals surface area contributed by atoms with Gasteiger partial charge in [-0.1, -0.05) is 0 Å². The lowest BCUT2D eigenvalue weighted by molar-refractivity contribution is 0.0762. The van der Waals surface area contributed by atoms with Gasteiger partial charge in [-0.05, 0) is 56.0 Å². The van der Waals surface area contributed by atoms with E-state index in [9.17, 15) is 5.11 Å². The summed E-state index contributed by atoms with van der Waals surface area (Å²) in [6.45, 7) is 7.00. The number of aliphatic hydroxyl groups excluding tert-OH is 1. The summed E-state index contributed by atoms with van der Waals surface area (Å²) in [6, 6.07) is 6.46. The molecule has 2 heterocycles. The summed E-state index contributed by atoms with van der Waals surface area (Å²) in [5.74, 6) is 1.02. The molecule has 0 amide bonds. The molecule has 1 aromatic heterocycles. The van der Waals surface area contributed by atoms with Gasteiger partial charge in [0.25, 0.3) is 0 Å². The smallest absolute Gasteiger partial charge is 0.134 e.